The van der Waals surface area contributed by atoms with Crippen LogP contribution in [-0.2, 0) is 0 Å². The topological polar surface area (TPSA) is 48.5 Å². The molecule has 31 heavy (non-hydrogen) atoms. The largest absolute Gasteiger partial charge is 0.491 e. The second-order valence-electron chi connectivity index (χ2n) is 8.56. The lowest BCUT2D eigenvalue weighted by Gasteiger charge is -2.38. The number of likely N-dealkylation sites (tertiary alicyclic amines) is 1. The Morgan fingerprint density at radius 1 is 1.23 bits per heavy atom. The fourth-order valence-electron chi connectivity index (χ4n) is 4.64. The molecule has 2 aromatic carbocycles. The van der Waals surface area contributed by atoms with Crippen LogP contribution in [0.5, 0.6) is 5.75 Å². The highest BCUT2D eigenvalue weighted by atomic mass is 32.1. The van der Waals surface area contributed by atoms with Crippen molar-refractivity contribution in [2.75, 3.05) is 19.7 Å². The van der Waals surface area contributed by atoms with Crippen LogP contribution in [0.25, 0.3) is 21.0 Å². The van der Waals surface area contributed by atoms with Gasteiger partial charge < -0.3 is 14.8 Å². The minimum atomic E-state index is -0.542. The SMILES string of the molecule is C[C@H]1C[C@H](c2cc3cccc(F)c3s2)CCN1C[C@H](O)COc1ccc2[nH]ccc2c1. The number of aliphatic hydroxyl groups is 1. The first-order chi connectivity index (χ1) is 15.1. The molecular formula is C25H27FN2O2S. The summed E-state index contributed by atoms with van der Waals surface area (Å²) in [5, 5.41) is 12.7. The van der Waals surface area contributed by atoms with E-state index >= 15 is 0 Å². The Bertz CT molecular complexity index is 1190. The molecule has 1 saturated heterocycles. The first-order valence-electron chi connectivity index (χ1n) is 10.9. The van der Waals surface area contributed by atoms with E-state index in [9.17, 15) is 9.50 Å². The number of piperidine rings is 1. The van der Waals surface area contributed by atoms with Crippen molar-refractivity contribution in [1.29, 1.82) is 0 Å². The molecule has 0 amide bonds. The predicted molar refractivity (Wildman–Crippen MR) is 125 cm³/mol. The zero-order chi connectivity index (χ0) is 21.4. The molecule has 2 N–H and O–H groups in total. The standard InChI is InChI=1S/C25H27FN2O2S/c1-16-11-18(24-13-19-3-2-4-22(26)25(19)31-24)8-10-28(16)14-20(29)15-30-21-5-6-23-17(12-21)7-9-27-23/h2-7,9,12-13,16,18,20,27,29H,8,10-11,14-15H2,1H3/t16-,18+,20-/m0/s1. The Morgan fingerprint density at radius 3 is 2.97 bits per heavy atom. The third kappa shape index (κ3) is 4.33. The maximum absolute atomic E-state index is 14.1. The van der Waals surface area contributed by atoms with E-state index in [0.717, 1.165) is 46.1 Å². The van der Waals surface area contributed by atoms with Gasteiger partial charge in [0, 0.05) is 34.6 Å². The number of aliphatic hydroxyl groups excluding tert-OH is 1. The van der Waals surface area contributed by atoms with Crippen LogP contribution >= 0.6 is 11.3 Å². The first kappa shape index (κ1) is 20.5. The highest BCUT2D eigenvalue weighted by molar-refractivity contribution is 7.19. The number of rotatable bonds is 6. The van der Waals surface area contributed by atoms with E-state index in [0.29, 0.717) is 18.5 Å². The lowest BCUT2D eigenvalue weighted by molar-refractivity contribution is 0.0404. The molecule has 4 aromatic rings. The van der Waals surface area contributed by atoms with Gasteiger partial charge in [-0.05, 0) is 74.0 Å². The van der Waals surface area contributed by atoms with Gasteiger partial charge in [0.1, 0.15) is 24.3 Å². The zero-order valence-electron chi connectivity index (χ0n) is 17.6. The molecule has 5 rings (SSSR count). The van der Waals surface area contributed by atoms with Crippen molar-refractivity contribution >= 4 is 32.3 Å². The number of aromatic nitrogens is 1. The highest BCUT2D eigenvalue weighted by Gasteiger charge is 2.29. The summed E-state index contributed by atoms with van der Waals surface area (Å²) in [7, 11) is 0. The minimum absolute atomic E-state index is 0.127. The Kier molecular flexibility index (Phi) is 5.69. The van der Waals surface area contributed by atoms with Gasteiger partial charge in [0.15, 0.2) is 0 Å². The number of thiophene rings is 1. The van der Waals surface area contributed by atoms with Gasteiger partial charge in [-0.15, -0.1) is 11.3 Å². The third-order valence-electron chi connectivity index (χ3n) is 6.34. The predicted octanol–water partition coefficient (Wildman–Crippen LogP) is 5.53. The molecule has 0 aliphatic carbocycles. The van der Waals surface area contributed by atoms with Gasteiger partial charge in [0.05, 0.1) is 4.70 Å². The summed E-state index contributed by atoms with van der Waals surface area (Å²) < 4.78 is 20.7. The molecule has 1 aliphatic rings. The number of H-pyrrole nitrogens is 1. The maximum Gasteiger partial charge on any atom is 0.140 e. The van der Waals surface area contributed by atoms with E-state index in [1.54, 1.807) is 17.4 Å². The molecule has 0 unspecified atom stereocenters. The van der Waals surface area contributed by atoms with E-state index in [-0.39, 0.29) is 12.4 Å². The second kappa shape index (κ2) is 8.61. The van der Waals surface area contributed by atoms with Gasteiger partial charge in [-0.3, -0.25) is 4.90 Å². The normalized spacial score (nSPS) is 21.0. The highest BCUT2D eigenvalue weighted by Crippen LogP contribution is 2.39. The number of ether oxygens (including phenoxy) is 1. The summed E-state index contributed by atoms with van der Waals surface area (Å²) in [6.07, 6.45) is 3.41. The maximum atomic E-state index is 14.1. The van der Waals surface area contributed by atoms with Crippen LogP contribution in [0.4, 0.5) is 4.39 Å². The molecule has 1 fully saturated rings. The second-order valence-corrected chi connectivity index (χ2v) is 9.65. The van der Waals surface area contributed by atoms with Crippen molar-refractivity contribution < 1.29 is 14.2 Å². The van der Waals surface area contributed by atoms with Crippen LogP contribution in [-0.4, -0.2) is 46.8 Å². The van der Waals surface area contributed by atoms with Crippen molar-refractivity contribution in [3.05, 3.63) is 65.4 Å². The summed E-state index contributed by atoms with van der Waals surface area (Å²) in [4.78, 5) is 6.78. The molecule has 6 heteroatoms. The van der Waals surface area contributed by atoms with Crippen LogP contribution in [0, 0.1) is 5.82 Å². The van der Waals surface area contributed by atoms with E-state index in [2.05, 4.69) is 22.9 Å². The number of aromatic amines is 1. The van der Waals surface area contributed by atoms with E-state index < -0.39 is 6.10 Å². The number of nitrogens with zero attached hydrogens (tertiary/aromatic N) is 1. The minimum Gasteiger partial charge on any atom is -0.491 e. The number of hydrogen-bond acceptors (Lipinski definition) is 4. The monoisotopic (exact) mass is 438 g/mol. The number of halogens is 1. The Labute approximate surface area is 185 Å². The van der Waals surface area contributed by atoms with Gasteiger partial charge in [-0.25, -0.2) is 4.39 Å². The number of nitrogens with one attached hydrogen (secondary N) is 1. The smallest absolute Gasteiger partial charge is 0.140 e. The quantitative estimate of drug-likeness (QED) is 0.416. The first-order valence-corrected chi connectivity index (χ1v) is 11.7. The number of benzene rings is 2. The van der Waals surface area contributed by atoms with Crippen molar-refractivity contribution in [1.82, 2.24) is 9.88 Å². The zero-order valence-corrected chi connectivity index (χ0v) is 18.4. The molecule has 3 atom stereocenters. The summed E-state index contributed by atoms with van der Waals surface area (Å²) >= 11 is 1.59. The summed E-state index contributed by atoms with van der Waals surface area (Å²) in [5.41, 5.74) is 1.07. The Morgan fingerprint density at radius 2 is 2.13 bits per heavy atom. The van der Waals surface area contributed by atoms with Crippen LogP contribution < -0.4 is 4.74 Å². The molecule has 4 nitrogen and oxygen atoms in total. The molecule has 1 aliphatic heterocycles. The lowest BCUT2D eigenvalue weighted by atomic mass is 9.90. The van der Waals surface area contributed by atoms with Crippen LogP contribution in [0.15, 0.2) is 54.7 Å². The average molecular weight is 439 g/mol. The Balaban J connectivity index is 1.16. The molecule has 0 spiro atoms. The van der Waals surface area contributed by atoms with Gasteiger partial charge >= 0.3 is 0 Å². The molecule has 2 aromatic heterocycles. The van der Waals surface area contributed by atoms with E-state index in [1.807, 2.05) is 36.5 Å². The summed E-state index contributed by atoms with van der Waals surface area (Å²) in [5.74, 6) is 1.09. The van der Waals surface area contributed by atoms with Gasteiger partial charge in [-0.2, -0.15) is 0 Å². The average Bonchev–Trinajstić information content (AvgIpc) is 3.41. The summed E-state index contributed by atoms with van der Waals surface area (Å²) in [6, 6.07) is 15.7. The van der Waals surface area contributed by atoms with E-state index in [1.165, 1.54) is 10.9 Å². The van der Waals surface area contributed by atoms with Crippen molar-refractivity contribution in [3.8, 4) is 5.75 Å². The Hall–Kier alpha value is -2.41. The van der Waals surface area contributed by atoms with Gasteiger partial charge in [-0.1, -0.05) is 12.1 Å². The van der Waals surface area contributed by atoms with Crippen molar-refractivity contribution in [2.24, 2.45) is 0 Å². The van der Waals surface area contributed by atoms with E-state index in [4.69, 9.17) is 4.74 Å². The van der Waals surface area contributed by atoms with Gasteiger partial charge in [0.25, 0.3) is 0 Å². The fourth-order valence-corrected chi connectivity index (χ4v) is 5.85. The number of β-amino-alcohol motifs (C(OH)–C–C–N with tert-alkyl or cyclic N) is 1. The summed E-state index contributed by atoms with van der Waals surface area (Å²) in [6.45, 7) is 4.02. The molecule has 162 valence electrons. The molecule has 0 bridgehead atoms. The van der Waals surface area contributed by atoms with Crippen LogP contribution in [0.3, 0.4) is 0 Å². The molecule has 0 radical (unpaired) electrons. The third-order valence-corrected chi connectivity index (χ3v) is 7.67. The van der Waals surface area contributed by atoms with Crippen LogP contribution in [0.1, 0.15) is 30.6 Å². The van der Waals surface area contributed by atoms with Crippen LogP contribution in [0.2, 0.25) is 0 Å². The molecular weight excluding hydrogens is 411 g/mol. The lowest BCUT2D eigenvalue weighted by Crippen LogP contribution is -2.45. The van der Waals surface area contributed by atoms with Crippen molar-refractivity contribution in [2.45, 2.75) is 37.8 Å². The molecule has 3 heterocycles. The number of fused-ring (bicyclic) bond motifs is 2. The molecule has 0 saturated carbocycles. The van der Waals surface area contributed by atoms with Crippen molar-refractivity contribution in [3.63, 3.8) is 0 Å². The number of hydrogen-bond donors (Lipinski definition) is 2. The van der Waals surface area contributed by atoms with Gasteiger partial charge in [0.2, 0.25) is 0 Å². The fraction of sp³-hybridized carbons (Fsp3) is 0.360.